The van der Waals surface area contributed by atoms with Crippen molar-refractivity contribution >= 4 is 35.0 Å². The summed E-state index contributed by atoms with van der Waals surface area (Å²) in [7, 11) is 0. The molecule has 22 heavy (non-hydrogen) atoms. The third-order valence-electron chi connectivity index (χ3n) is 3.42. The van der Waals surface area contributed by atoms with Crippen LogP contribution in [0.2, 0.25) is 0 Å². The van der Waals surface area contributed by atoms with Gasteiger partial charge in [0.05, 0.1) is 12.0 Å². The molecule has 0 radical (unpaired) electrons. The Labute approximate surface area is 133 Å². The molecule has 0 saturated carbocycles. The highest BCUT2D eigenvalue weighted by atomic mass is 32.2. The van der Waals surface area contributed by atoms with E-state index in [4.69, 9.17) is 0 Å². The number of anilines is 2. The highest BCUT2D eigenvalue weighted by molar-refractivity contribution is 7.99. The van der Waals surface area contributed by atoms with Crippen LogP contribution in [0, 0.1) is 0 Å². The molecule has 1 aliphatic rings. The largest absolute Gasteiger partial charge is 0.326 e. The number of hydrogen-bond donors (Lipinski definition) is 2. The van der Waals surface area contributed by atoms with Gasteiger partial charge in [0.15, 0.2) is 0 Å². The molecule has 2 N–H and O–H groups in total. The molecule has 0 fully saturated rings. The molecule has 0 aliphatic carbocycles. The van der Waals surface area contributed by atoms with Gasteiger partial charge in [0, 0.05) is 16.3 Å². The van der Waals surface area contributed by atoms with E-state index in [1.54, 1.807) is 17.8 Å². The summed E-state index contributed by atoms with van der Waals surface area (Å²) in [6.45, 7) is 2.06. The normalized spacial score (nSPS) is 12.7. The molecule has 1 aliphatic heterocycles. The highest BCUT2D eigenvalue weighted by Crippen LogP contribution is 2.27. The Morgan fingerprint density at radius 3 is 2.91 bits per heavy atom. The topological polar surface area (TPSA) is 58.2 Å². The minimum Gasteiger partial charge on any atom is -0.326 e. The lowest BCUT2D eigenvalue weighted by Crippen LogP contribution is -2.13. The van der Waals surface area contributed by atoms with Crippen molar-refractivity contribution in [1.29, 1.82) is 0 Å². The summed E-state index contributed by atoms with van der Waals surface area (Å²) in [4.78, 5) is 24.8. The van der Waals surface area contributed by atoms with Crippen molar-refractivity contribution < 1.29 is 9.59 Å². The lowest BCUT2D eigenvalue weighted by Gasteiger charge is -2.10. The molecule has 0 aromatic heterocycles. The summed E-state index contributed by atoms with van der Waals surface area (Å²) in [6, 6.07) is 13.0. The number of amides is 2. The molecule has 2 amide bonds. The van der Waals surface area contributed by atoms with Crippen LogP contribution in [0.3, 0.4) is 0 Å². The number of hydrogen-bond acceptors (Lipinski definition) is 3. The highest BCUT2D eigenvalue weighted by Gasteiger charge is 2.18. The van der Waals surface area contributed by atoms with Crippen LogP contribution in [-0.4, -0.2) is 17.6 Å². The van der Waals surface area contributed by atoms with E-state index >= 15 is 0 Å². The Hall–Kier alpha value is -2.27. The van der Waals surface area contributed by atoms with E-state index in [-0.39, 0.29) is 11.8 Å². The van der Waals surface area contributed by atoms with Crippen LogP contribution in [0.5, 0.6) is 0 Å². The quantitative estimate of drug-likeness (QED) is 0.849. The van der Waals surface area contributed by atoms with Gasteiger partial charge in [0.1, 0.15) is 0 Å². The van der Waals surface area contributed by atoms with Crippen molar-refractivity contribution in [2.45, 2.75) is 18.2 Å². The molecule has 0 atom stereocenters. The number of benzene rings is 2. The molecule has 1 heterocycles. The van der Waals surface area contributed by atoms with E-state index in [1.807, 2.05) is 36.4 Å². The third kappa shape index (κ3) is 2.99. The number of carbonyl (C=O) groups excluding carboxylic acids is 2. The van der Waals surface area contributed by atoms with Gasteiger partial charge in [-0.3, -0.25) is 9.59 Å². The maximum absolute atomic E-state index is 12.5. The number of carbonyl (C=O) groups is 2. The molecule has 2 aromatic carbocycles. The zero-order chi connectivity index (χ0) is 15.5. The van der Waals surface area contributed by atoms with Gasteiger partial charge in [0.2, 0.25) is 5.91 Å². The monoisotopic (exact) mass is 312 g/mol. The van der Waals surface area contributed by atoms with Gasteiger partial charge >= 0.3 is 0 Å². The van der Waals surface area contributed by atoms with E-state index in [0.29, 0.717) is 17.7 Å². The predicted octanol–water partition coefficient (Wildman–Crippen LogP) is 3.55. The number of thioether (sulfide) groups is 1. The van der Waals surface area contributed by atoms with Crippen molar-refractivity contribution in [2.24, 2.45) is 0 Å². The van der Waals surface area contributed by atoms with Gasteiger partial charge in [0.25, 0.3) is 5.91 Å². The van der Waals surface area contributed by atoms with Crippen molar-refractivity contribution in [2.75, 3.05) is 16.4 Å². The van der Waals surface area contributed by atoms with Crippen LogP contribution in [-0.2, 0) is 11.2 Å². The standard InChI is InChI=1S/C17H16N2O2S/c1-2-22-15-6-4-3-5-13(15)17(21)18-12-7-8-14-11(9-12)10-16(20)19-14/h3-9H,2,10H2,1H3,(H,18,21)(H,19,20). The maximum Gasteiger partial charge on any atom is 0.256 e. The molecule has 5 heteroatoms. The molecule has 0 unspecified atom stereocenters. The van der Waals surface area contributed by atoms with Crippen LogP contribution >= 0.6 is 11.8 Å². The molecular formula is C17H16N2O2S. The van der Waals surface area contributed by atoms with E-state index < -0.39 is 0 Å². The second-order valence-corrected chi connectivity index (χ2v) is 6.29. The average molecular weight is 312 g/mol. The van der Waals surface area contributed by atoms with E-state index in [0.717, 1.165) is 21.9 Å². The van der Waals surface area contributed by atoms with Crippen LogP contribution in [0.1, 0.15) is 22.8 Å². The van der Waals surface area contributed by atoms with Gasteiger partial charge in [-0.05, 0) is 41.6 Å². The second kappa shape index (κ2) is 6.23. The van der Waals surface area contributed by atoms with Crippen LogP contribution < -0.4 is 10.6 Å². The van der Waals surface area contributed by atoms with Crippen LogP contribution in [0.4, 0.5) is 11.4 Å². The fourth-order valence-corrected chi connectivity index (χ4v) is 3.24. The summed E-state index contributed by atoms with van der Waals surface area (Å²) in [5.41, 5.74) is 3.12. The predicted molar refractivity (Wildman–Crippen MR) is 89.6 cm³/mol. The Bertz CT molecular complexity index is 743. The Morgan fingerprint density at radius 1 is 1.27 bits per heavy atom. The van der Waals surface area contributed by atoms with Crippen LogP contribution in [0.25, 0.3) is 0 Å². The summed E-state index contributed by atoms with van der Waals surface area (Å²) in [5.74, 6) is 0.772. The maximum atomic E-state index is 12.5. The average Bonchev–Trinajstić information content (AvgIpc) is 2.87. The number of rotatable bonds is 4. The van der Waals surface area contributed by atoms with Crippen molar-refractivity contribution in [3.05, 3.63) is 53.6 Å². The minimum atomic E-state index is -0.131. The first-order chi connectivity index (χ1) is 10.7. The lowest BCUT2D eigenvalue weighted by atomic mass is 10.1. The van der Waals surface area contributed by atoms with Gasteiger partial charge in [-0.2, -0.15) is 0 Å². The summed E-state index contributed by atoms with van der Waals surface area (Å²) < 4.78 is 0. The van der Waals surface area contributed by atoms with Crippen LogP contribution in [0.15, 0.2) is 47.4 Å². The molecule has 112 valence electrons. The Balaban J connectivity index is 1.81. The number of nitrogens with one attached hydrogen (secondary N) is 2. The smallest absolute Gasteiger partial charge is 0.256 e. The molecule has 3 rings (SSSR count). The second-order valence-electron chi connectivity index (χ2n) is 4.98. The van der Waals surface area contributed by atoms with E-state index in [1.165, 1.54) is 0 Å². The fraction of sp³-hybridized carbons (Fsp3) is 0.176. The first-order valence-corrected chi connectivity index (χ1v) is 8.12. The zero-order valence-electron chi connectivity index (χ0n) is 12.2. The summed E-state index contributed by atoms with van der Waals surface area (Å²) >= 11 is 1.65. The van der Waals surface area contributed by atoms with Gasteiger partial charge in [-0.25, -0.2) is 0 Å². The first-order valence-electron chi connectivity index (χ1n) is 7.13. The zero-order valence-corrected chi connectivity index (χ0v) is 13.0. The minimum absolute atomic E-state index is 0.0110. The van der Waals surface area contributed by atoms with Crippen molar-refractivity contribution in [3.8, 4) is 0 Å². The first kappa shape index (κ1) is 14.7. The molecule has 0 saturated heterocycles. The van der Waals surface area contributed by atoms with Gasteiger partial charge in [-0.1, -0.05) is 19.1 Å². The van der Waals surface area contributed by atoms with Gasteiger partial charge < -0.3 is 10.6 Å². The molecule has 0 bridgehead atoms. The summed E-state index contributed by atoms with van der Waals surface area (Å²) in [5, 5.41) is 5.69. The fourth-order valence-electron chi connectivity index (χ4n) is 2.44. The third-order valence-corrected chi connectivity index (χ3v) is 4.38. The SMILES string of the molecule is CCSc1ccccc1C(=O)Nc1ccc2c(c1)CC(=O)N2. The molecule has 4 nitrogen and oxygen atoms in total. The molecule has 0 spiro atoms. The number of fused-ring (bicyclic) bond motifs is 1. The molecular weight excluding hydrogens is 296 g/mol. The van der Waals surface area contributed by atoms with E-state index in [9.17, 15) is 9.59 Å². The Kier molecular flexibility index (Phi) is 4.15. The van der Waals surface area contributed by atoms with Crippen molar-refractivity contribution in [1.82, 2.24) is 0 Å². The van der Waals surface area contributed by atoms with Gasteiger partial charge in [-0.15, -0.1) is 11.8 Å². The lowest BCUT2D eigenvalue weighted by molar-refractivity contribution is -0.115. The Morgan fingerprint density at radius 2 is 2.09 bits per heavy atom. The molecule has 2 aromatic rings. The summed E-state index contributed by atoms with van der Waals surface area (Å²) in [6.07, 6.45) is 0.362. The van der Waals surface area contributed by atoms with Crippen molar-refractivity contribution in [3.63, 3.8) is 0 Å². The van der Waals surface area contributed by atoms with E-state index in [2.05, 4.69) is 17.6 Å².